The molecule has 2 aromatic carbocycles. The lowest BCUT2D eigenvalue weighted by atomic mass is 10.1. The fraction of sp³-hybridized carbons (Fsp3) is 0.167. The Labute approximate surface area is 148 Å². The van der Waals surface area contributed by atoms with Crippen LogP contribution < -0.4 is 16.1 Å². The molecule has 1 amide bonds. The van der Waals surface area contributed by atoms with E-state index < -0.39 is 5.91 Å². The first-order valence-electron chi connectivity index (χ1n) is 7.91. The van der Waals surface area contributed by atoms with E-state index in [-0.39, 0.29) is 11.1 Å². The van der Waals surface area contributed by atoms with Crippen molar-refractivity contribution in [3.8, 4) is 0 Å². The van der Waals surface area contributed by atoms with Crippen LogP contribution in [0.4, 0.5) is 5.69 Å². The second-order valence-electron chi connectivity index (χ2n) is 5.45. The summed E-state index contributed by atoms with van der Waals surface area (Å²) in [5.41, 5.74) is 4.05. The van der Waals surface area contributed by atoms with Crippen LogP contribution in [0.2, 0.25) is 0 Å². The summed E-state index contributed by atoms with van der Waals surface area (Å²) in [6.45, 7) is 2.91. The minimum absolute atomic E-state index is 0.181. The summed E-state index contributed by atoms with van der Waals surface area (Å²) < 4.78 is 3.24. The fourth-order valence-corrected chi connectivity index (χ4v) is 3.79. The van der Waals surface area contributed by atoms with Crippen LogP contribution >= 0.6 is 11.3 Å². The van der Waals surface area contributed by atoms with Gasteiger partial charge in [-0.2, -0.15) is 0 Å². The van der Waals surface area contributed by atoms with Crippen molar-refractivity contribution in [3.05, 3.63) is 58.4 Å². The number of nitrogens with two attached hydrogens (primary N) is 1. The fourth-order valence-electron chi connectivity index (χ4n) is 2.72. The van der Waals surface area contributed by atoms with Crippen LogP contribution in [0.15, 0.2) is 47.5 Å². The molecule has 0 bridgehead atoms. The number of amides is 1. The largest absolute Gasteiger partial charge is 0.316 e. The molecule has 0 unspecified atom stereocenters. The summed E-state index contributed by atoms with van der Waals surface area (Å²) in [6.07, 6.45) is 1.59. The second kappa shape index (κ2) is 7.42. The number of nitrogens with one attached hydrogen (secondary N) is 1. The zero-order valence-electron chi connectivity index (χ0n) is 13.7. The molecule has 3 N–H and O–H groups in total. The van der Waals surface area contributed by atoms with Crippen molar-refractivity contribution in [2.24, 2.45) is 10.8 Å². The lowest BCUT2D eigenvalue weighted by Crippen LogP contribution is -2.31. The summed E-state index contributed by atoms with van der Waals surface area (Å²) >= 11 is 1.55. The SMILES string of the molecule is CCCn1c(=Nc2cccc(C=O)c2C(=O)NN)sc2ccccc21. The Bertz CT molecular complexity index is 1000. The highest BCUT2D eigenvalue weighted by atomic mass is 32.1. The van der Waals surface area contributed by atoms with E-state index in [9.17, 15) is 9.59 Å². The predicted molar refractivity (Wildman–Crippen MR) is 98.8 cm³/mol. The molecule has 3 rings (SSSR count). The number of aryl methyl sites for hydroxylation is 1. The van der Waals surface area contributed by atoms with E-state index in [0.29, 0.717) is 12.0 Å². The first-order valence-corrected chi connectivity index (χ1v) is 8.73. The van der Waals surface area contributed by atoms with Crippen molar-refractivity contribution < 1.29 is 9.59 Å². The zero-order chi connectivity index (χ0) is 17.8. The zero-order valence-corrected chi connectivity index (χ0v) is 14.5. The third kappa shape index (κ3) is 3.24. The van der Waals surface area contributed by atoms with Gasteiger partial charge in [0.15, 0.2) is 11.1 Å². The van der Waals surface area contributed by atoms with Crippen LogP contribution in [-0.2, 0) is 6.54 Å². The molecule has 1 aromatic heterocycles. The van der Waals surface area contributed by atoms with Crippen LogP contribution in [0.25, 0.3) is 10.2 Å². The molecule has 128 valence electrons. The number of hydrogen-bond acceptors (Lipinski definition) is 5. The standard InChI is InChI=1S/C18H18N4O2S/c1-2-10-22-14-8-3-4-9-15(14)25-18(22)20-13-7-5-6-12(11-23)16(13)17(24)21-19/h3-9,11H,2,10,19H2,1H3,(H,21,24). The number of nitrogens with zero attached hydrogens (tertiary/aromatic N) is 2. The summed E-state index contributed by atoms with van der Waals surface area (Å²) in [6, 6.07) is 13.0. The Morgan fingerprint density at radius 3 is 2.80 bits per heavy atom. The van der Waals surface area contributed by atoms with E-state index in [1.807, 2.05) is 18.2 Å². The molecule has 0 aliphatic heterocycles. The molecular formula is C18H18N4O2S. The maximum absolute atomic E-state index is 12.1. The number of aromatic nitrogens is 1. The number of hydrogen-bond donors (Lipinski definition) is 2. The van der Waals surface area contributed by atoms with E-state index in [2.05, 4.69) is 28.0 Å². The molecule has 0 saturated heterocycles. The Kier molecular flexibility index (Phi) is 5.06. The molecule has 0 saturated carbocycles. The third-order valence-electron chi connectivity index (χ3n) is 3.81. The van der Waals surface area contributed by atoms with Gasteiger partial charge in [0.05, 0.1) is 21.5 Å². The molecular weight excluding hydrogens is 336 g/mol. The number of hydrazine groups is 1. The smallest absolute Gasteiger partial charge is 0.268 e. The quantitative estimate of drug-likeness (QED) is 0.319. The van der Waals surface area contributed by atoms with Crippen LogP contribution in [0.3, 0.4) is 0 Å². The van der Waals surface area contributed by atoms with Gasteiger partial charge in [0.2, 0.25) is 0 Å². The number of carbonyl (C=O) groups excluding carboxylic acids is 2. The molecule has 0 radical (unpaired) electrons. The maximum atomic E-state index is 12.1. The van der Waals surface area contributed by atoms with Gasteiger partial charge in [-0.15, -0.1) is 0 Å². The summed E-state index contributed by atoms with van der Waals surface area (Å²) in [5.74, 6) is 4.73. The number of para-hydroxylation sites is 1. The molecule has 0 aliphatic rings. The minimum atomic E-state index is -0.537. The lowest BCUT2D eigenvalue weighted by Gasteiger charge is -2.07. The topological polar surface area (TPSA) is 89.5 Å². The average Bonchev–Trinajstić information content (AvgIpc) is 2.98. The van der Waals surface area contributed by atoms with Crippen LogP contribution in [-0.4, -0.2) is 16.8 Å². The highest BCUT2D eigenvalue weighted by Crippen LogP contribution is 2.23. The van der Waals surface area contributed by atoms with Crippen molar-refractivity contribution in [3.63, 3.8) is 0 Å². The van der Waals surface area contributed by atoms with Gasteiger partial charge in [0.25, 0.3) is 5.91 Å². The molecule has 0 spiro atoms. The molecule has 7 heteroatoms. The first kappa shape index (κ1) is 17.1. The van der Waals surface area contributed by atoms with Gasteiger partial charge in [-0.25, -0.2) is 10.8 Å². The van der Waals surface area contributed by atoms with Crippen LogP contribution in [0.5, 0.6) is 0 Å². The number of thiazole rings is 1. The Balaban J connectivity index is 2.29. The maximum Gasteiger partial charge on any atom is 0.268 e. The highest BCUT2D eigenvalue weighted by molar-refractivity contribution is 7.16. The minimum Gasteiger partial charge on any atom is -0.316 e. The van der Waals surface area contributed by atoms with E-state index in [1.165, 1.54) is 0 Å². The monoisotopic (exact) mass is 354 g/mol. The molecule has 6 nitrogen and oxygen atoms in total. The Morgan fingerprint density at radius 1 is 1.28 bits per heavy atom. The number of nitrogen functional groups attached to an aromatic ring is 1. The predicted octanol–water partition coefficient (Wildman–Crippen LogP) is 2.76. The van der Waals surface area contributed by atoms with E-state index >= 15 is 0 Å². The number of rotatable bonds is 5. The van der Waals surface area contributed by atoms with Gasteiger partial charge >= 0.3 is 0 Å². The van der Waals surface area contributed by atoms with Crippen molar-refractivity contribution in [1.82, 2.24) is 9.99 Å². The van der Waals surface area contributed by atoms with E-state index in [0.717, 1.165) is 28.0 Å². The van der Waals surface area contributed by atoms with Gasteiger partial charge in [0.1, 0.15) is 0 Å². The molecule has 1 heterocycles. The average molecular weight is 354 g/mol. The first-order chi connectivity index (χ1) is 12.2. The molecule has 3 aromatic rings. The number of carbonyl (C=O) groups is 2. The van der Waals surface area contributed by atoms with Gasteiger partial charge in [-0.3, -0.25) is 15.0 Å². The van der Waals surface area contributed by atoms with Crippen molar-refractivity contribution in [2.45, 2.75) is 19.9 Å². The summed E-state index contributed by atoms with van der Waals surface area (Å²) in [7, 11) is 0. The number of fused-ring (bicyclic) bond motifs is 1. The van der Waals surface area contributed by atoms with Gasteiger partial charge in [-0.05, 0) is 24.6 Å². The van der Waals surface area contributed by atoms with Crippen molar-refractivity contribution in [1.29, 1.82) is 0 Å². The molecule has 25 heavy (non-hydrogen) atoms. The summed E-state index contributed by atoms with van der Waals surface area (Å²) in [4.78, 5) is 28.9. The van der Waals surface area contributed by atoms with Crippen LogP contribution in [0.1, 0.15) is 34.1 Å². The summed E-state index contributed by atoms with van der Waals surface area (Å²) in [5, 5.41) is 0. The van der Waals surface area contributed by atoms with E-state index in [4.69, 9.17) is 5.84 Å². The number of benzene rings is 2. The van der Waals surface area contributed by atoms with Gasteiger partial charge in [-0.1, -0.05) is 42.5 Å². The normalized spacial score (nSPS) is 11.7. The van der Waals surface area contributed by atoms with Gasteiger partial charge < -0.3 is 4.57 Å². The molecule has 0 aliphatic carbocycles. The second-order valence-corrected chi connectivity index (χ2v) is 6.46. The Hall–Kier alpha value is -2.77. The highest BCUT2D eigenvalue weighted by Gasteiger charge is 2.15. The molecule has 0 atom stereocenters. The lowest BCUT2D eigenvalue weighted by molar-refractivity contribution is 0.0949. The van der Waals surface area contributed by atoms with Gasteiger partial charge in [0, 0.05) is 12.1 Å². The van der Waals surface area contributed by atoms with Crippen molar-refractivity contribution >= 4 is 39.4 Å². The number of aldehydes is 1. The Morgan fingerprint density at radius 2 is 2.08 bits per heavy atom. The third-order valence-corrected chi connectivity index (χ3v) is 4.87. The van der Waals surface area contributed by atoms with E-state index in [1.54, 1.807) is 29.5 Å². The molecule has 0 fully saturated rings. The van der Waals surface area contributed by atoms with Crippen LogP contribution in [0, 0.1) is 0 Å². The van der Waals surface area contributed by atoms with Crippen molar-refractivity contribution in [2.75, 3.05) is 0 Å².